The molecule has 0 N–H and O–H groups in total. The minimum absolute atomic E-state index is 0.215. The first-order valence-corrected chi connectivity index (χ1v) is 11.6. The average molecular weight is 435 g/mol. The van der Waals surface area contributed by atoms with E-state index in [1.165, 1.54) is 4.31 Å². The fourth-order valence-corrected chi connectivity index (χ4v) is 5.47. The van der Waals surface area contributed by atoms with E-state index in [2.05, 4.69) is 0 Å². The Morgan fingerprint density at radius 3 is 2.32 bits per heavy atom. The number of rotatable bonds is 3. The van der Waals surface area contributed by atoms with E-state index in [0.29, 0.717) is 18.7 Å². The topological polar surface area (TPSA) is 70.8 Å². The van der Waals surface area contributed by atoms with E-state index in [0.717, 1.165) is 21.7 Å². The summed E-state index contributed by atoms with van der Waals surface area (Å²) in [6, 6.07) is 20.4. The van der Waals surface area contributed by atoms with Crippen LogP contribution in [0.2, 0.25) is 0 Å². The molecule has 6 nitrogen and oxygen atoms in total. The zero-order chi connectivity index (χ0) is 21.6. The van der Waals surface area contributed by atoms with Gasteiger partial charge in [-0.2, -0.15) is 4.31 Å². The Bertz CT molecular complexity index is 1380. The van der Waals surface area contributed by atoms with Crippen molar-refractivity contribution in [3.63, 3.8) is 0 Å². The molecule has 2 heterocycles. The van der Waals surface area contributed by atoms with Gasteiger partial charge in [-0.25, -0.2) is 8.42 Å². The number of amides is 1. The lowest BCUT2D eigenvalue weighted by molar-refractivity contribution is 0.0668. The smallest absolute Gasteiger partial charge is 0.289 e. The molecule has 1 amide bonds. The normalized spacial score (nSPS) is 15.6. The number of benzene rings is 3. The van der Waals surface area contributed by atoms with Crippen molar-refractivity contribution in [3.8, 4) is 0 Å². The van der Waals surface area contributed by atoms with Gasteiger partial charge in [0.05, 0.1) is 4.90 Å². The number of sulfonamides is 1. The van der Waals surface area contributed by atoms with E-state index in [1.54, 1.807) is 35.2 Å². The van der Waals surface area contributed by atoms with Gasteiger partial charge in [-0.1, -0.05) is 48.0 Å². The lowest BCUT2D eigenvalue weighted by atomic mass is 10.1. The van der Waals surface area contributed by atoms with Crippen molar-refractivity contribution in [2.45, 2.75) is 11.8 Å². The van der Waals surface area contributed by atoms with Gasteiger partial charge in [-0.15, -0.1) is 0 Å². The van der Waals surface area contributed by atoms with E-state index < -0.39 is 10.0 Å². The van der Waals surface area contributed by atoms with Gasteiger partial charge in [0.2, 0.25) is 10.0 Å². The highest BCUT2D eigenvalue weighted by Gasteiger charge is 2.31. The molecule has 5 rings (SSSR count). The SMILES string of the molecule is Cc1ccc(S(=O)(=O)N2CCN(C(=O)c3cc4c(ccc5ccccc54)o3)CC2)cc1. The van der Waals surface area contributed by atoms with Crippen molar-refractivity contribution >= 4 is 37.7 Å². The van der Waals surface area contributed by atoms with Gasteiger partial charge in [0, 0.05) is 31.6 Å². The summed E-state index contributed by atoms with van der Waals surface area (Å²) in [4.78, 5) is 15.0. The monoisotopic (exact) mass is 434 g/mol. The summed E-state index contributed by atoms with van der Waals surface area (Å²) >= 11 is 0. The Labute approximate surface area is 180 Å². The zero-order valence-electron chi connectivity index (χ0n) is 17.1. The summed E-state index contributed by atoms with van der Waals surface area (Å²) < 4.78 is 33.1. The molecule has 0 bridgehead atoms. The van der Waals surface area contributed by atoms with Gasteiger partial charge >= 0.3 is 0 Å². The fourth-order valence-electron chi connectivity index (χ4n) is 4.04. The third kappa shape index (κ3) is 3.49. The van der Waals surface area contributed by atoms with Gasteiger partial charge in [0.25, 0.3) is 5.91 Å². The Hall–Kier alpha value is -3.16. The molecule has 1 saturated heterocycles. The second-order valence-corrected chi connectivity index (χ2v) is 9.76. The van der Waals surface area contributed by atoms with Crippen molar-refractivity contribution in [1.29, 1.82) is 0 Å². The van der Waals surface area contributed by atoms with E-state index in [1.807, 2.05) is 43.3 Å². The number of piperazine rings is 1. The molecular formula is C24H22N2O4S. The number of hydrogen-bond acceptors (Lipinski definition) is 4. The molecule has 0 saturated carbocycles. The van der Waals surface area contributed by atoms with Crippen molar-refractivity contribution in [2.75, 3.05) is 26.2 Å². The van der Waals surface area contributed by atoms with Crippen molar-refractivity contribution in [3.05, 3.63) is 78.1 Å². The van der Waals surface area contributed by atoms with Crippen LogP contribution in [0.1, 0.15) is 16.1 Å². The quantitative estimate of drug-likeness (QED) is 0.488. The van der Waals surface area contributed by atoms with E-state index >= 15 is 0 Å². The molecule has 0 atom stereocenters. The summed E-state index contributed by atoms with van der Waals surface area (Å²) in [5.74, 6) is 0.0638. The van der Waals surface area contributed by atoms with Crippen molar-refractivity contribution in [1.82, 2.24) is 9.21 Å². The number of aryl methyl sites for hydroxylation is 1. The van der Waals surface area contributed by atoms with Crippen LogP contribution in [0.5, 0.6) is 0 Å². The summed E-state index contributed by atoms with van der Waals surface area (Å²) in [6.07, 6.45) is 0. The highest BCUT2D eigenvalue weighted by molar-refractivity contribution is 7.89. The molecule has 4 aromatic rings. The Morgan fingerprint density at radius 2 is 1.58 bits per heavy atom. The fraction of sp³-hybridized carbons (Fsp3) is 0.208. The molecule has 1 fully saturated rings. The second-order valence-electron chi connectivity index (χ2n) is 7.82. The standard InChI is InChI=1S/C24H22N2O4S/c1-17-6-9-19(10-7-17)31(28,29)26-14-12-25(13-15-26)24(27)23-16-21-20-5-3-2-4-18(20)8-11-22(21)30-23/h2-11,16H,12-15H2,1H3. The van der Waals surface area contributed by atoms with Crippen LogP contribution in [0.4, 0.5) is 0 Å². The number of carbonyl (C=O) groups excluding carboxylic acids is 1. The third-order valence-corrected chi connectivity index (χ3v) is 7.73. The first kappa shape index (κ1) is 19.8. The Morgan fingerprint density at radius 1 is 0.871 bits per heavy atom. The molecule has 0 unspecified atom stereocenters. The molecule has 7 heteroatoms. The van der Waals surface area contributed by atoms with Crippen LogP contribution < -0.4 is 0 Å². The summed E-state index contributed by atoms with van der Waals surface area (Å²) in [7, 11) is -3.57. The van der Waals surface area contributed by atoms with Gasteiger partial charge < -0.3 is 9.32 Å². The van der Waals surface area contributed by atoms with E-state index in [-0.39, 0.29) is 29.7 Å². The zero-order valence-corrected chi connectivity index (χ0v) is 17.9. The second kappa shape index (κ2) is 7.51. The van der Waals surface area contributed by atoms with Crippen LogP contribution in [-0.2, 0) is 10.0 Å². The molecule has 158 valence electrons. The first-order chi connectivity index (χ1) is 14.9. The van der Waals surface area contributed by atoms with Gasteiger partial charge in [-0.05, 0) is 42.0 Å². The van der Waals surface area contributed by atoms with Gasteiger partial charge in [-0.3, -0.25) is 4.79 Å². The number of hydrogen-bond donors (Lipinski definition) is 0. The molecule has 0 aliphatic carbocycles. The van der Waals surface area contributed by atoms with E-state index in [9.17, 15) is 13.2 Å². The van der Waals surface area contributed by atoms with Crippen LogP contribution in [0.15, 0.2) is 76.0 Å². The lowest BCUT2D eigenvalue weighted by Crippen LogP contribution is -2.50. The number of furan rings is 1. The summed E-state index contributed by atoms with van der Waals surface area (Å²) in [6.45, 7) is 3.07. The van der Waals surface area contributed by atoms with E-state index in [4.69, 9.17) is 4.42 Å². The molecule has 31 heavy (non-hydrogen) atoms. The molecule has 0 radical (unpaired) electrons. The molecular weight excluding hydrogens is 412 g/mol. The minimum atomic E-state index is -3.57. The number of nitrogens with zero attached hydrogens (tertiary/aromatic N) is 2. The highest BCUT2D eigenvalue weighted by atomic mass is 32.2. The maximum Gasteiger partial charge on any atom is 0.289 e. The van der Waals surface area contributed by atoms with Gasteiger partial charge in [0.15, 0.2) is 5.76 Å². The largest absolute Gasteiger partial charge is 0.451 e. The number of carbonyl (C=O) groups is 1. The maximum absolute atomic E-state index is 13.0. The molecule has 1 aliphatic rings. The molecule has 3 aromatic carbocycles. The highest BCUT2D eigenvalue weighted by Crippen LogP contribution is 2.29. The predicted molar refractivity (Wildman–Crippen MR) is 120 cm³/mol. The average Bonchev–Trinajstić information content (AvgIpc) is 3.24. The van der Waals surface area contributed by atoms with Crippen molar-refractivity contribution < 1.29 is 17.6 Å². The maximum atomic E-state index is 13.0. The predicted octanol–water partition coefficient (Wildman–Crippen LogP) is 4.04. The van der Waals surface area contributed by atoms with Crippen LogP contribution in [0.25, 0.3) is 21.7 Å². The van der Waals surface area contributed by atoms with Gasteiger partial charge in [0.1, 0.15) is 5.58 Å². The minimum Gasteiger partial charge on any atom is -0.451 e. The van der Waals surface area contributed by atoms with Crippen LogP contribution in [0, 0.1) is 6.92 Å². The third-order valence-electron chi connectivity index (χ3n) is 5.82. The van der Waals surface area contributed by atoms with Crippen LogP contribution >= 0.6 is 0 Å². The lowest BCUT2D eigenvalue weighted by Gasteiger charge is -2.33. The molecule has 0 spiro atoms. The van der Waals surface area contributed by atoms with Crippen LogP contribution in [-0.4, -0.2) is 49.7 Å². The molecule has 1 aliphatic heterocycles. The first-order valence-electron chi connectivity index (χ1n) is 10.2. The van der Waals surface area contributed by atoms with Crippen molar-refractivity contribution in [2.24, 2.45) is 0 Å². The summed E-state index contributed by atoms with van der Waals surface area (Å²) in [5, 5.41) is 3.03. The summed E-state index contributed by atoms with van der Waals surface area (Å²) in [5.41, 5.74) is 1.68. The Kier molecular flexibility index (Phi) is 4.79. The number of fused-ring (bicyclic) bond motifs is 3. The Balaban J connectivity index is 1.34. The molecule has 1 aromatic heterocycles. The van der Waals surface area contributed by atoms with Crippen LogP contribution in [0.3, 0.4) is 0 Å².